The maximum Gasteiger partial charge on any atom is 0.166 e. The van der Waals surface area contributed by atoms with E-state index in [0.29, 0.717) is 12.0 Å². The fourth-order valence-corrected chi connectivity index (χ4v) is 1.66. The minimum atomic E-state index is -0.254. The summed E-state index contributed by atoms with van der Waals surface area (Å²) in [5.41, 5.74) is 1.55. The Balaban J connectivity index is 2.54. The Bertz CT molecular complexity index is 344. The van der Waals surface area contributed by atoms with Crippen LogP contribution in [0.15, 0.2) is 18.2 Å². The molecular formula is C10H9FO. The molecule has 1 aliphatic carbocycles. The zero-order valence-corrected chi connectivity index (χ0v) is 6.80. The molecule has 0 unspecified atom stereocenters. The zero-order valence-electron chi connectivity index (χ0n) is 6.80. The van der Waals surface area contributed by atoms with E-state index in [4.69, 9.17) is 0 Å². The molecule has 0 spiro atoms. The summed E-state index contributed by atoms with van der Waals surface area (Å²) >= 11 is 0. The summed E-state index contributed by atoms with van der Waals surface area (Å²) in [4.78, 5) is 11.4. The van der Waals surface area contributed by atoms with Crippen LogP contribution in [-0.2, 0) is 6.42 Å². The SMILES string of the molecule is C[C@@H]1Cc2cc(F)ccc2C1=O. The Morgan fingerprint density at radius 2 is 2.25 bits per heavy atom. The highest BCUT2D eigenvalue weighted by Crippen LogP contribution is 2.26. The molecule has 1 atom stereocenters. The third-order valence-electron chi connectivity index (χ3n) is 2.31. The van der Waals surface area contributed by atoms with Gasteiger partial charge in [0.05, 0.1) is 0 Å². The van der Waals surface area contributed by atoms with E-state index in [1.165, 1.54) is 12.1 Å². The van der Waals surface area contributed by atoms with Crippen molar-refractivity contribution < 1.29 is 9.18 Å². The minimum absolute atomic E-state index is 0.0294. The molecule has 0 heterocycles. The third-order valence-corrected chi connectivity index (χ3v) is 2.31. The molecule has 0 saturated heterocycles. The maximum atomic E-state index is 12.7. The first kappa shape index (κ1) is 7.47. The number of halogens is 1. The number of hydrogen-bond donors (Lipinski definition) is 0. The predicted octanol–water partition coefficient (Wildman–Crippen LogP) is 2.20. The Hall–Kier alpha value is -1.18. The van der Waals surface area contributed by atoms with Crippen molar-refractivity contribution in [3.63, 3.8) is 0 Å². The molecule has 2 rings (SSSR count). The highest BCUT2D eigenvalue weighted by atomic mass is 19.1. The Labute approximate surface area is 70.2 Å². The van der Waals surface area contributed by atoms with E-state index in [-0.39, 0.29) is 17.5 Å². The molecule has 2 heteroatoms. The number of hydrogen-bond acceptors (Lipinski definition) is 1. The van der Waals surface area contributed by atoms with Crippen molar-refractivity contribution in [1.82, 2.24) is 0 Å². The number of ketones is 1. The molecule has 1 aliphatic rings. The van der Waals surface area contributed by atoms with Crippen molar-refractivity contribution in [3.8, 4) is 0 Å². The fraction of sp³-hybridized carbons (Fsp3) is 0.300. The first-order chi connectivity index (χ1) is 5.68. The van der Waals surface area contributed by atoms with Crippen LogP contribution in [0.2, 0.25) is 0 Å². The van der Waals surface area contributed by atoms with E-state index in [1.807, 2.05) is 6.92 Å². The summed E-state index contributed by atoms with van der Waals surface area (Å²) in [7, 11) is 0. The Morgan fingerprint density at radius 1 is 1.50 bits per heavy atom. The monoisotopic (exact) mass is 164 g/mol. The molecule has 0 bridgehead atoms. The molecular weight excluding hydrogens is 155 g/mol. The maximum absolute atomic E-state index is 12.7. The van der Waals surface area contributed by atoms with Gasteiger partial charge in [-0.25, -0.2) is 4.39 Å². The van der Waals surface area contributed by atoms with Gasteiger partial charge in [-0.05, 0) is 30.2 Å². The van der Waals surface area contributed by atoms with Crippen molar-refractivity contribution in [2.45, 2.75) is 13.3 Å². The summed E-state index contributed by atoms with van der Waals surface area (Å²) in [5, 5.41) is 0. The average molecular weight is 164 g/mol. The van der Waals surface area contributed by atoms with E-state index in [0.717, 1.165) is 5.56 Å². The van der Waals surface area contributed by atoms with Gasteiger partial charge in [0.1, 0.15) is 5.82 Å². The van der Waals surface area contributed by atoms with Gasteiger partial charge in [-0.1, -0.05) is 6.92 Å². The largest absolute Gasteiger partial charge is 0.294 e. The zero-order chi connectivity index (χ0) is 8.72. The second-order valence-corrected chi connectivity index (χ2v) is 3.27. The summed E-state index contributed by atoms with van der Waals surface area (Å²) in [6.45, 7) is 1.88. The molecule has 0 amide bonds. The van der Waals surface area contributed by atoms with Gasteiger partial charge in [-0.2, -0.15) is 0 Å². The van der Waals surface area contributed by atoms with Gasteiger partial charge >= 0.3 is 0 Å². The molecule has 0 fully saturated rings. The summed E-state index contributed by atoms with van der Waals surface area (Å²) < 4.78 is 12.7. The highest BCUT2D eigenvalue weighted by molar-refractivity contribution is 6.01. The van der Waals surface area contributed by atoms with Crippen LogP contribution in [0.3, 0.4) is 0 Å². The van der Waals surface area contributed by atoms with Crippen molar-refractivity contribution in [2.75, 3.05) is 0 Å². The summed E-state index contributed by atoms with van der Waals surface area (Å²) in [6, 6.07) is 4.38. The van der Waals surface area contributed by atoms with E-state index < -0.39 is 0 Å². The first-order valence-electron chi connectivity index (χ1n) is 4.01. The predicted molar refractivity (Wildman–Crippen MR) is 43.6 cm³/mol. The van der Waals surface area contributed by atoms with Crippen LogP contribution >= 0.6 is 0 Å². The number of benzene rings is 1. The number of Topliss-reactive ketones (excluding diaryl/α,β-unsaturated/α-hetero) is 1. The molecule has 0 aromatic heterocycles. The fourth-order valence-electron chi connectivity index (χ4n) is 1.66. The second-order valence-electron chi connectivity index (χ2n) is 3.27. The van der Waals surface area contributed by atoms with E-state index in [1.54, 1.807) is 6.07 Å². The van der Waals surface area contributed by atoms with Crippen LogP contribution in [0.25, 0.3) is 0 Å². The van der Waals surface area contributed by atoms with Crippen molar-refractivity contribution in [3.05, 3.63) is 35.1 Å². The van der Waals surface area contributed by atoms with Gasteiger partial charge in [0, 0.05) is 11.5 Å². The molecule has 0 N–H and O–H groups in total. The van der Waals surface area contributed by atoms with Crippen LogP contribution in [0.5, 0.6) is 0 Å². The summed E-state index contributed by atoms with van der Waals surface area (Å²) in [6.07, 6.45) is 0.686. The standard InChI is InChI=1S/C10H9FO/c1-6-4-7-5-8(11)2-3-9(7)10(6)12/h2-3,5-6H,4H2,1H3/t6-/m1/s1. The van der Waals surface area contributed by atoms with Crippen molar-refractivity contribution in [2.24, 2.45) is 5.92 Å². The summed E-state index contributed by atoms with van der Waals surface area (Å²) in [5.74, 6) is -0.0811. The molecule has 1 aromatic carbocycles. The number of carbonyl (C=O) groups is 1. The average Bonchev–Trinajstić information content (AvgIpc) is 2.28. The lowest BCUT2D eigenvalue weighted by molar-refractivity contribution is 0.0946. The molecule has 0 radical (unpaired) electrons. The van der Waals surface area contributed by atoms with Gasteiger partial charge in [0.25, 0.3) is 0 Å². The Morgan fingerprint density at radius 3 is 3.00 bits per heavy atom. The van der Waals surface area contributed by atoms with Gasteiger partial charge < -0.3 is 0 Å². The lowest BCUT2D eigenvalue weighted by Gasteiger charge is -1.94. The van der Waals surface area contributed by atoms with Crippen LogP contribution in [0, 0.1) is 11.7 Å². The van der Waals surface area contributed by atoms with E-state index in [9.17, 15) is 9.18 Å². The van der Waals surface area contributed by atoms with Gasteiger partial charge in [-0.15, -0.1) is 0 Å². The lowest BCUT2D eigenvalue weighted by Crippen LogP contribution is -2.02. The molecule has 12 heavy (non-hydrogen) atoms. The topological polar surface area (TPSA) is 17.1 Å². The van der Waals surface area contributed by atoms with Gasteiger partial charge in [0.2, 0.25) is 0 Å². The van der Waals surface area contributed by atoms with Crippen molar-refractivity contribution in [1.29, 1.82) is 0 Å². The van der Waals surface area contributed by atoms with Crippen LogP contribution < -0.4 is 0 Å². The second kappa shape index (κ2) is 2.41. The minimum Gasteiger partial charge on any atom is -0.294 e. The van der Waals surface area contributed by atoms with Crippen LogP contribution in [-0.4, -0.2) is 5.78 Å². The smallest absolute Gasteiger partial charge is 0.166 e. The lowest BCUT2D eigenvalue weighted by atomic mass is 10.1. The van der Waals surface area contributed by atoms with E-state index >= 15 is 0 Å². The first-order valence-corrected chi connectivity index (χ1v) is 4.01. The van der Waals surface area contributed by atoms with Crippen LogP contribution in [0.4, 0.5) is 4.39 Å². The number of fused-ring (bicyclic) bond motifs is 1. The normalized spacial score (nSPS) is 21.2. The third kappa shape index (κ3) is 0.951. The molecule has 0 aliphatic heterocycles. The highest BCUT2D eigenvalue weighted by Gasteiger charge is 2.26. The quantitative estimate of drug-likeness (QED) is 0.574. The Kier molecular flexibility index (Phi) is 1.50. The van der Waals surface area contributed by atoms with Crippen molar-refractivity contribution >= 4 is 5.78 Å². The van der Waals surface area contributed by atoms with Gasteiger partial charge in [0.15, 0.2) is 5.78 Å². The van der Waals surface area contributed by atoms with Gasteiger partial charge in [-0.3, -0.25) is 4.79 Å². The van der Waals surface area contributed by atoms with E-state index in [2.05, 4.69) is 0 Å². The molecule has 1 nitrogen and oxygen atoms in total. The molecule has 1 aromatic rings. The number of carbonyl (C=O) groups excluding carboxylic acids is 1. The number of rotatable bonds is 0. The van der Waals surface area contributed by atoms with Crippen LogP contribution in [0.1, 0.15) is 22.8 Å². The molecule has 62 valence electrons. The molecule has 0 saturated carbocycles.